The van der Waals surface area contributed by atoms with E-state index in [4.69, 9.17) is 4.98 Å². The number of aryl methyl sites for hydroxylation is 2. The van der Waals surface area contributed by atoms with Gasteiger partial charge in [0.15, 0.2) is 5.82 Å². The highest BCUT2D eigenvalue weighted by molar-refractivity contribution is 5.54. The first-order chi connectivity index (χ1) is 10.5. The molecule has 3 aromatic rings. The van der Waals surface area contributed by atoms with Gasteiger partial charge in [-0.05, 0) is 49.6 Å². The van der Waals surface area contributed by atoms with Crippen molar-refractivity contribution in [3.8, 4) is 0 Å². The van der Waals surface area contributed by atoms with E-state index in [0.29, 0.717) is 5.92 Å². The largest absolute Gasteiger partial charge is 0.283 e. The van der Waals surface area contributed by atoms with Crippen molar-refractivity contribution in [2.75, 3.05) is 0 Å². The van der Waals surface area contributed by atoms with Crippen LogP contribution in [0.5, 0.6) is 0 Å². The molecule has 0 unspecified atom stereocenters. The molecule has 4 nitrogen and oxygen atoms in total. The molecular weight excluding hydrogens is 272 g/mol. The number of azo groups is 1. The van der Waals surface area contributed by atoms with Crippen LogP contribution in [0.3, 0.4) is 0 Å². The lowest BCUT2D eigenvalue weighted by molar-refractivity contribution is 0.831. The predicted octanol–water partition coefficient (Wildman–Crippen LogP) is 5.49. The summed E-state index contributed by atoms with van der Waals surface area (Å²) in [5.74, 6) is 1.11. The van der Waals surface area contributed by atoms with Gasteiger partial charge in [-0.15, -0.1) is 10.2 Å². The number of pyridine rings is 1. The molecule has 22 heavy (non-hydrogen) atoms. The minimum absolute atomic E-state index is 0.298. The van der Waals surface area contributed by atoms with Crippen molar-refractivity contribution in [3.63, 3.8) is 0 Å². The van der Waals surface area contributed by atoms with Gasteiger partial charge in [0.05, 0.1) is 11.4 Å². The Morgan fingerprint density at radius 3 is 2.36 bits per heavy atom. The number of nitrogens with zero attached hydrogens (tertiary/aromatic N) is 4. The Morgan fingerprint density at radius 1 is 0.955 bits per heavy atom. The quantitative estimate of drug-likeness (QED) is 0.588. The standard InChI is InChI=1S/C18H20N4/c1-12(2)17-18(21-20-15-7-5-13(3)6-8-15)22-10-9-14(4)11-16(22)19-17/h5-12H,1-4H3. The Morgan fingerprint density at radius 2 is 1.68 bits per heavy atom. The maximum Gasteiger partial charge on any atom is 0.183 e. The fourth-order valence-electron chi connectivity index (χ4n) is 2.36. The topological polar surface area (TPSA) is 42.0 Å². The van der Waals surface area contributed by atoms with E-state index < -0.39 is 0 Å². The lowest BCUT2D eigenvalue weighted by Crippen LogP contribution is -1.87. The van der Waals surface area contributed by atoms with Crippen molar-refractivity contribution in [1.82, 2.24) is 9.38 Å². The van der Waals surface area contributed by atoms with Gasteiger partial charge in [-0.25, -0.2) is 4.98 Å². The molecule has 0 atom stereocenters. The van der Waals surface area contributed by atoms with Crippen LogP contribution in [0.15, 0.2) is 52.8 Å². The third-order valence-corrected chi connectivity index (χ3v) is 3.62. The molecule has 0 aliphatic heterocycles. The number of imidazole rings is 1. The van der Waals surface area contributed by atoms with E-state index in [1.54, 1.807) is 0 Å². The molecule has 3 rings (SSSR count). The van der Waals surface area contributed by atoms with E-state index in [-0.39, 0.29) is 0 Å². The Labute approximate surface area is 130 Å². The van der Waals surface area contributed by atoms with E-state index in [1.165, 1.54) is 11.1 Å². The molecule has 0 saturated heterocycles. The Bertz CT molecular complexity index is 826. The lowest BCUT2D eigenvalue weighted by Gasteiger charge is -2.01. The van der Waals surface area contributed by atoms with Crippen LogP contribution < -0.4 is 0 Å². The molecule has 4 heteroatoms. The average molecular weight is 292 g/mol. The van der Waals surface area contributed by atoms with E-state index in [9.17, 15) is 0 Å². The van der Waals surface area contributed by atoms with Crippen molar-refractivity contribution in [2.45, 2.75) is 33.6 Å². The summed E-state index contributed by atoms with van der Waals surface area (Å²) in [7, 11) is 0. The minimum Gasteiger partial charge on any atom is -0.283 e. The number of fused-ring (bicyclic) bond motifs is 1. The number of aromatic nitrogens is 2. The molecule has 0 aliphatic rings. The van der Waals surface area contributed by atoms with Crippen molar-refractivity contribution in [3.05, 3.63) is 59.4 Å². The van der Waals surface area contributed by atoms with Crippen LogP contribution in [0.1, 0.15) is 36.6 Å². The Kier molecular flexibility index (Phi) is 3.75. The van der Waals surface area contributed by atoms with Crippen molar-refractivity contribution < 1.29 is 0 Å². The molecule has 0 bridgehead atoms. The second-order valence-electron chi connectivity index (χ2n) is 5.94. The van der Waals surface area contributed by atoms with Gasteiger partial charge in [0.2, 0.25) is 0 Å². The zero-order chi connectivity index (χ0) is 15.7. The highest BCUT2D eigenvalue weighted by Gasteiger charge is 2.14. The second kappa shape index (κ2) is 5.72. The number of benzene rings is 1. The van der Waals surface area contributed by atoms with Crippen LogP contribution in [0.4, 0.5) is 11.5 Å². The lowest BCUT2D eigenvalue weighted by atomic mass is 10.1. The van der Waals surface area contributed by atoms with E-state index in [0.717, 1.165) is 22.8 Å². The van der Waals surface area contributed by atoms with Gasteiger partial charge in [0.1, 0.15) is 5.65 Å². The second-order valence-corrected chi connectivity index (χ2v) is 5.94. The molecule has 0 fully saturated rings. The summed E-state index contributed by atoms with van der Waals surface area (Å²) < 4.78 is 2.00. The molecular formula is C18H20N4. The third-order valence-electron chi connectivity index (χ3n) is 3.62. The molecule has 0 N–H and O–H groups in total. The summed E-state index contributed by atoms with van der Waals surface area (Å²) in [6.07, 6.45) is 2.01. The monoisotopic (exact) mass is 292 g/mol. The summed E-state index contributed by atoms with van der Waals surface area (Å²) in [5.41, 5.74) is 5.15. The van der Waals surface area contributed by atoms with Crippen LogP contribution >= 0.6 is 0 Å². The van der Waals surface area contributed by atoms with Gasteiger partial charge in [0.25, 0.3) is 0 Å². The molecule has 0 spiro atoms. The van der Waals surface area contributed by atoms with Crippen LogP contribution in [0.2, 0.25) is 0 Å². The van der Waals surface area contributed by atoms with Gasteiger partial charge in [-0.3, -0.25) is 4.40 Å². The highest BCUT2D eigenvalue weighted by atomic mass is 15.2. The average Bonchev–Trinajstić information content (AvgIpc) is 2.84. The van der Waals surface area contributed by atoms with Gasteiger partial charge in [-0.2, -0.15) is 0 Å². The van der Waals surface area contributed by atoms with Crippen LogP contribution in [0.25, 0.3) is 5.65 Å². The van der Waals surface area contributed by atoms with Gasteiger partial charge < -0.3 is 0 Å². The predicted molar refractivity (Wildman–Crippen MR) is 89.4 cm³/mol. The maximum atomic E-state index is 4.71. The molecule has 2 heterocycles. The number of hydrogen-bond acceptors (Lipinski definition) is 3. The van der Waals surface area contributed by atoms with Gasteiger partial charge in [0, 0.05) is 6.20 Å². The van der Waals surface area contributed by atoms with Crippen molar-refractivity contribution in [1.29, 1.82) is 0 Å². The number of rotatable bonds is 3. The molecule has 0 radical (unpaired) electrons. The minimum atomic E-state index is 0.298. The molecule has 0 saturated carbocycles. The van der Waals surface area contributed by atoms with E-state index in [1.807, 2.05) is 34.9 Å². The first-order valence-electron chi connectivity index (χ1n) is 7.51. The first kappa shape index (κ1) is 14.4. The summed E-state index contributed by atoms with van der Waals surface area (Å²) in [6, 6.07) is 12.1. The third kappa shape index (κ3) is 2.77. The maximum absolute atomic E-state index is 4.71. The molecule has 2 aromatic heterocycles. The zero-order valence-corrected chi connectivity index (χ0v) is 13.4. The van der Waals surface area contributed by atoms with Gasteiger partial charge >= 0.3 is 0 Å². The summed E-state index contributed by atoms with van der Waals surface area (Å²) in [4.78, 5) is 4.71. The SMILES string of the molecule is Cc1ccc(N=Nc2c(C(C)C)nc3cc(C)ccn23)cc1. The van der Waals surface area contributed by atoms with Crippen LogP contribution in [-0.2, 0) is 0 Å². The van der Waals surface area contributed by atoms with Crippen LogP contribution in [-0.4, -0.2) is 9.38 Å². The molecule has 0 amide bonds. The Balaban J connectivity index is 2.08. The fraction of sp³-hybridized carbons (Fsp3) is 0.278. The normalized spacial score (nSPS) is 11.9. The first-order valence-corrected chi connectivity index (χ1v) is 7.51. The van der Waals surface area contributed by atoms with Gasteiger partial charge in [-0.1, -0.05) is 31.5 Å². The smallest absolute Gasteiger partial charge is 0.183 e. The van der Waals surface area contributed by atoms with Crippen molar-refractivity contribution in [2.24, 2.45) is 10.2 Å². The summed E-state index contributed by atoms with van der Waals surface area (Å²) >= 11 is 0. The highest BCUT2D eigenvalue weighted by Crippen LogP contribution is 2.29. The molecule has 1 aromatic carbocycles. The van der Waals surface area contributed by atoms with Crippen LogP contribution in [0, 0.1) is 13.8 Å². The zero-order valence-electron chi connectivity index (χ0n) is 13.4. The Hall–Kier alpha value is -2.49. The molecule has 112 valence electrons. The number of hydrogen-bond donors (Lipinski definition) is 0. The van der Waals surface area contributed by atoms with Crippen molar-refractivity contribution >= 4 is 17.2 Å². The fourth-order valence-corrected chi connectivity index (χ4v) is 2.36. The molecule has 0 aliphatic carbocycles. The summed E-state index contributed by atoms with van der Waals surface area (Å²) in [6.45, 7) is 8.38. The summed E-state index contributed by atoms with van der Waals surface area (Å²) in [5, 5.41) is 8.84. The van der Waals surface area contributed by atoms with E-state index >= 15 is 0 Å². The van der Waals surface area contributed by atoms with E-state index in [2.05, 4.69) is 50.1 Å².